The summed E-state index contributed by atoms with van der Waals surface area (Å²) in [5, 5.41) is 13.1. The zero-order chi connectivity index (χ0) is 37.9. The molecule has 4 heterocycles. The van der Waals surface area contributed by atoms with Crippen LogP contribution < -0.4 is 5.73 Å². The molecule has 4 aromatic heterocycles. The van der Waals surface area contributed by atoms with Crippen molar-refractivity contribution in [2.75, 3.05) is 5.73 Å². The molecule has 0 fully saturated rings. The highest BCUT2D eigenvalue weighted by atomic mass is 16.5. The average Bonchev–Trinajstić information content (AvgIpc) is 3.73. The van der Waals surface area contributed by atoms with E-state index in [1.54, 1.807) is 6.20 Å². The quantitative estimate of drug-likeness (QED) is 0.141. The standard InChI is InChI=1S/C23H23N3O2.C21H22N4O/c1-15(2)14-26-21-18-11-7-8-12-19(18)24-13-20(21)25-23(26)22(28-16(3)27)17-9-5-4-6-10-17;1-13(2)12-25-18-15-10-6-7-11-16(15)23-20(22)17(18)24-21(25)19(26)14-8-4-3-5-9-14/h4-13,15,22H,14H2,1-3H3;3-11,13,19,26H,12H2,1-2H3,(H2,22,23). The van der Waals surface area contributed by atoms with Crippen LogP contribution in [0.4, 0.5) is 5.82 Å². The molecular formula is C44H45N7O3. The number of anilines is 1. The Kier molecular flexibility index (Phi) is 10.4. The maximum absolute atomic E-state index is 11.9. The van der Waals surface area contributed by atoms with E-state index in [1.165, 1.54) is 6.92 Å². The lowest BCUT2D eigenvalue weighted by Gasteiger charge is -2.20. The van der Waals surface area contributed by atoms with Crippen LogP contribution in [0.1, 0.15) is 69.6 Å². The first-order valence-electron chi connectivity index (χ1n) is 18.3. The number of carbonyl (C=O) groups is 1. The normalized spacial score (nSPS) is 12.7. The fourth-order valence-electron chi connectivity index (χ4n) is 7.01. The van der Waals surface area contributed by atoms with Crippen molar-refractivity contribution in [1.82, 2.24) is 29.1 Å². The van der Waals surface area contributed by atoms with Crippen LogP contribution in [0.25, 0.3) is 43.9 Å². The second-order valence-electron chi connectivity index (χ2n) is 14.4. The van der Waals surface area contributed by atoms with Gasteiger partial charge in [-0.25, -0.2) is 15.0 Å². The molecule has 10 nitrogen and oxygen atoms in total. The molecule has 4 aromatic carbocycles. The number of aliphatic hydroxyl groups is 1. The number of fused-ring (bicyclic) bond motifs is 6. The second-order valence-corrected chi connectivity index (χ2v) is 14.4. The molecule has 274 valence electrons. The second kappa shape index (κ2) is 15.5. The zero-order valence-electron chi connectivity index (χ0n) is 31.2. The predicted molar refractivity (Wildman–Crippen MR) is 215 cm³/mol. The number of carbonyl (C=O) groups excluding carboxylic acids is 1. The lowest BCUT2D eigenvalue weighted by Crippen LogP contribution is -2.17. The highest BCUT2D eigenvalue weighted by molar-refractivity contribution is 6.06. The summed E-state index contributed by atoms with van der Waals surface area (Å²) in [6.45, 7) is 11.6. The van der Waals surface area contributed by atoms with E-state index in [4.69, 9.17) is 20.4 Å². The number of nitrogen functional groups attached to an aromatic ring is 1. The van der Waals surface area contributed by atoms with Gasteiger partial charge in [-0.3, -0.25) is 9.78 Å². The summed E-state index contributed by atoms with van der Waals surface area (Å²) in [7, 11) is 0. The number of aliphatic hydroxyl groups excluding tert-OH is 1. The van der Waals surface area contributed by atoms with E-state index in [0.29, 0.717) is 29.0 Å². The molecule has 0 saturated carbocycles. The number of pyridine rings is 2. The van der Waals surface area contributed by atoms with Crippen molar-refractivity contribution >= 4 is 55.7 Å². The van der Waals surface area contributed by atoms with Gasteiger partial charge in [-0.1, -0.05) is 125 Å². The topological polar surface area (TPSA) is 134 Å². The lowest BCUT2D eigenvalue weighted by molar-refractivity contribution is -0.145. The van der Waals surface area contributed by atoms with E-state index >= 15 is 0 Å². The Morgan fingerprint density at radius 2 is 1.20 bits per heavy atom. The van der Waals surface area contributed by atoms with Crippen molar-refractivity contribution < 1.29 is 14.6 Å². The average molecular weight is 720 g/mol. The van der Waals surface area contributed by atoms with E-state index in [9.17, 15) is 9.90 Å². The first-order valence-corrected chi connectivity index (χ1v) is 18.3. The first kappa shape index (κ1) is 36.2. The summed E-state index contributed by atoms with van der Waals surface area (Å²) < 4.78 is 10.0. The van der Waals surface area contributed by atoms with Crippen LogP contribution in [-0.2, 0) is 22.6 Å². The van der Waals surface area contributed by atoms with Crippen LogP contribution in [0.15, 0.2) is 115 Å². The van der Waals surface area contributed by atoms with Gasteiger partial charge in [0.05, 0.1) is 28.3 Å². The van der Waals surface area contributed by atoms with Crippen LogP contribution in [-0.4, -0.2) is 40.1 Å². The Morgan fingerprint density at radius 3 is 1.81 bits per heavy atom. The number of hydrogen-bond donors (Lipinski definition) is 2. The molecule has 2 atom stereocenters. The largest absolute Gasteiger partial charge is 0.449 e. The zero-order valence-corrected chi connectivity index (χ0v) is 31.2. The Balaban J connectivity index is 0.000000167. The molecule has 0 amide bonds. The number of hydrogen-bond acceptors (Lipinski definition) is 8. The minimum absolute atomic E-state index is 0.333. The molecule has 0 bridgehead atoms. The molecule has 2 unspecified atom stereocenters. The van der Waals surface area contributed by atoms with Gasteiger partial charge in [0.2, 0.25) is 0 Å². The monoisotopic (exact) mass is 719 g/mol. The molecule has 0 radical (unpaired) electrons. The lowest BCUT2D eigenvalue weighted by atomic mass is 10.1. The van der Waals surface area contributed by atoms with Gasteiger partial charge < -0.3 is 24.7 Å². The molecule has 54 heavy (non-hydrogen) atoms. The number of ether oxygens (including phenoxy) is 1. The molecule has 0 aliphatic heterocycles. The van der Waals surface area contributed by atoms with Gasteiger partial charge in [0.15, 0.2) is 17.7 Å². The summed E-state index contributed by atoms with van der Waals surface area (Å²) in [5.41, 5.74) is 13.1. The van der Waals surface area contributed by atoms with Crippen molar-refractivity contribution in [2.45, 2.75) is 59.9 Å². The first-order chi connectivity index (χ1) is 26.1. The fourth-order valence-corrected chi connectivity index (χ4v) is 7.01. The SMILES string of the molecule is CC(=O)OC(c1ccccc1)c1nc2cnc3ccccc3c2n1CC(C)C.CC(C)Cn1c(C(O)c2ccccc2)nc2c(N)nc3ccccc3c21. The third-order valence-corrected chi connectivity index (χ3v) is 9.22. The number of rotatable bonds is 9. The molecule has 10 heteroatoms. The van der Waals surface area contributed by atoms with Gasteiger partial charge in [-0.15, -0.1) is 0 Å². The number of imidazole rings is 2. The summed E-state index contributed by atoms with van der Waals surface area (Å²) in [4.78, 5) is 30.5. The highest BCUT2D eigenvalue weighted by Crippen LogP contribution is 2.34. The summed E-state index contributed by atoms with van der Waals surface area (Å²) in [6, 6.07) is 35.3. The van der Waals surface area contributed by atoms with E-state index < -0.39 is 12.2 Å². The minimum atomic E-state index is -0.819. The van der Waals surface area contributed by atoms with Crippen molar-refractivity contribution in [3.8, 4) is 0 Å². The van der Waals surface area contributed by atoms with E-state index in [2.05, 4.69) is 52.9 Å². The Morgan fingerprint density at radius 1 is 0.667 bits per heavy atom. The maximum Gasteiger partial charge on any atom is 0.303 e. The third-order valence-electron chi connectivity index (χ3n) is 9.22. The maximum atomic E-state index is 11.9. The number of para-hydroxylation sites is 2. The number of benzene rings is 4. The summed E-state index contributed by atoms with van der Waals surface area (Å²) in [6.07, 6.45) is 0.414. The molecule has 0 saturated heterocycles. The van der Waals surface area contributed by atoms with Gasteiger partial charge in [-0.05, 0) is 29.5 Å². The van der Waals surface area contributed by atoms with Gasteiger partial charge in [-0.2, -0.15) is 0 Å². The molecule has 0 spiro atoms. The Hall–Kier alpha value is -6.13. The smallest absolute Gasteiger partial charge is 0.303 e. The van der Waals surface area contributed by atoms with Crippen LogP contribution in [0.5, 0.6) is 0 Å². The fraction of sp³-hybridized carbons (Fsp3) is 0.250. The van der Waals surface area contributed by atoms with Crippen LogP contribution in [0.3, 0.4) is 0 Å². The molecule has 0 aliphatic carbocycles. The summed E-state index contributed by atoms with van der Waals surface area (Å²) in [5.74, 6) is 2.18. The number of esters is 1. The van der Waals surface area contributed by atoms with E-state index in [-0.39, 0.29) is 5.97 Å². The Bertz CT molecular complexity index is 2560. The highest BCUT2D eigenvalue weighted by Gasteiger charge is 2.27. The van der Waals surface area contributed by atoms with Crippen LogP contribution in [0, 0.1) is 11.8 Å². The predicted octanol–water partition coefficient (Wildman–Crippen LogP) is 8.80. The van der Waals surface area contributed by atoms with Crippen molar-refractivity contribution in [1.29, 1.82) is 0 Å². The van der Waals surface area contributed by atoms with Gasteiger partial charge in [0, 0.05) is 36.3 Å². The molecule has 8 aromatic rings. The van der Waals surface area contributed by atoms with E-state index in [1.807, 2.05) is 103 Å². The molecule has 8 rings (SSSR count). The van der Waals surface area contributed by atoms with E-state index in [0.717, 1.165) is 68.4 Å². The van der Waals surface area contributed by atoms with Crippen molar-refractivity contribution in [3.63, 3.8) is 0 Å². The number of nitrogens with two attached hydrogens (primary N) is 1. The van der Waals surface area contributed by atoms with Gasteiger partial charge >= 0.3 is 5.97 Å². The molecular weight excluding hydrogens is 675 g/mol. The third kappa shape index (κ3) is 7.25. The minimum Gasteiger partial charge on any atom is -0.449 e. The van der Waals surface area contributed by atoms with Crippen molar-refractivity contribution in [3.05, 3.63) is 138 Å². The Labute approximate surface area is 314 Å². The van der Waals surface area contributed by atoms with Gasteiger partial charge in [0.1, 0.15) is 23.0 Å². The van der Waals surface area contributed by atoms with Crippen LogP contribution >= 0.6 is 0 Å². The molecule has 3 N–H and O–H groups in total. The molecule has 0 aliphatic rings. The number of nitrogens with zero attached hydrogens (tertiary/aromatic N) is 6. The van der Waals surface area contributed by atoms with Gasteiger partial charge in [0.25, 0.3) is 0 Å². The van der Waals surface area contributed by atoms with Crippen LogP contribution in [0.2, 0.25) is 0 Å². The van der Waals surface area contributed by atoms with Crippen molar-refractivity contribution in [2.24, 2.45) is 11.8 Å². The summed E-state index contributed by atoms with van der Waals surface area (Å²) >= 11 is 0. The number of aromatic nitrogens is 6.